The summed E-state index contributed by atoms with van der Waals surface area (Å²) in [5.74, 6) is 13.2. The summed E-state index contributed by atoms with van der Waals surface area (Å²) in [6, 6.07) is 28.7. The molecule has 0 aliphatic rings. The molecule has 0 saturated heterocycles. The van der Waals surface area contributed by atoms with E-state index in [4.69, 9.17) is 66.5 Å². The molecule has 0 bridgehead atoms. The van der Waals surface area contributed by atoms with Crippen molar-refractivity contribution in [1.29, 1.82) is 0 Å². The number of carbonyl (C=O) groups is 4. The average molecular weight is 1190 g/mol. The highest BCUT2D eigenvalue weighted by atomic mass is 35.5. The highest BCUT2D eigenvalue weighted by Gasteiger charge is 2.11. The molecule has 81 heavy (non-hydrogen) atoms. The lowest BCUT2D eigenvalue weighted by atomic mass is 10.2. The summed E-state index contributed by atoms with van der Waals surface area (Å²) in [7, 11) is 0. The van der Waals surface area contributed by atoms with Crippen molar-refractivity contribution in [1.82, 2.24) is 74.7 Å². The van der Waals surface area contributed by atoms with Gasteiger partial charge in [-0.25, -0.2) is 58.9 Å². The van der Waals surface area contributed by atoms with Crippen LogP contribution in [0, 0.1) is 5.92 Å². The third-order valence-electron chi connectivity index (χ3n) is 9.08. The van der Waals surface area contributed by atoms with E-state index in [0.29, 0.717) is 49.3 Å². The topological polar surface area (TPSA) is 390 Å². The van der Waals surface area contributed by atoms with Crippen LogP contribution in [0.15, 0.2) is 151 Å². The van der Waals surface area contributed by atoms with Crippen molar-refractivity contribution in [2.45, 2.75) is 13.8 Å². The molecule has 1 amide bonds. The first-order valence-electron chi connectivity index (χ1n) is 22.7. The van der Waals surface area contributed by atoms with Crippen molar-refractivity contribution in [2.24, 2.45) is 23.4 Å². The molecule has 9 aromatic rings. The van der Waals surface area contributed by atoms with Crippen molar-refractivity contribution in [3.63, 3.8) is 0 Å². The van der Waals surface area contributed by atoms with Crippen LogP contribution in [0.5, 0.6) is 0 Å². The average Bonchev–Trinajstić information content (AvgIpc) is 4.35. The van der Waals surface area contributed by atoms with E-state index < -0.39 is 24.0 Å². The van der Waals surface area contributed by atoms with Crippen molar-refractivity contribution in [2.75, 3.05) is 6.61 Å². The number of esters is 1. The van der Waals surface area contributed by atoms with Crippen LogP contribution in [-0.2, 0) is 23.9 Å². The lowest BCUT2D eigenvalue weighted by molar-refractivity contribution is -0.134. The van der Waals surface area contributed by atoms with Crippen LogP contribution < -0.4 is 23.0 Å². The molecule has 0 atom stereocenters. The molecule has 4 aromatic carbocycles. The molecule has 5 heterocycles. The van der Waals surface area contributed by atoms with E-state index >= 15 is 0 Å². The standard InChI is InChI=1S/C16H16ClN3O4.C12H8ClN5O.C11H10ClN5O.C11H8ClN3O2.H4N2.H2O/c1-11(2)9-23-16(22)24-14(21)6-7-20-10-18-15(19-20)12-4-3-5-13(17)8-12;13-10-3-1-2-9(6-10)12-14-7-18(17-12)5-4-11-16-15-8-19-11;12-9-3-1-2-8(6-9)11-14-7-17(16-11)5-4-10(18)15-13;12-9-3-1-2-8(6-9)11-13-7-15(14-11)5-4-10(16)17;1-2;/h3-8,10-11H,9H2,1-2H3;1-8H;1-7H,13H2,(H,15,18);1-7H,(H,16,17);1-2H2;1H2/b7-6-;5-4+;2*5-4-;;. The zero-order chi connectivity index (χ0) is 57.8. The van der Waals surface area contributed by atoms with Crippen LogP contribution in [-0.4, -0.2) is 110 Å². The molecule has 420 valence electrons. The first kappa shape index (κ1) is 63.9. The van der Waals surface area contributed by atoms with Gasteiger partial charge in [-0.1, -0.05) is 109 Å². The van der Waals surface area contributed by atoms with E-state index in [0.717, 1.165) is 34.4 Å². The maximum Gasteiger partial charge on any atom is 0.516 e. The molecule has 0 radical (unpaired) electrons. The summed E-state index contributed by atoms with van der Waals surface area (Å²) < 4.78 is 19.8. The molecule has 5 aromatic heterocycles. The fourth-order valence-electron chi connectivity index (χ4n) is 5.67. The summed E-state index contributed by atoms with van der Waals surface area (Å²) in [5.41, 5.74) is 5.16. The zero-order valence-corrected chi connectivity index (χ0v) is 45.4. The molecule has 0 aliphatic heterocycles. The predicted octanol–water partition coefficient (Wildman–Crippen LogP) is 7.22. The maximum absolute atomic E-state index is 11.5. The zero-order valence-electron chi connectivity index (χ0n) is 42.3. The van der Waals surface area contributed by atoms with Gasteiger partial charge in [0.1, 0.15) is 25.3 Å². The highest BCUT2D eigenvalue weighted by Crippen LogP contribution is 2.22. The molecule has 31 heteroatoms. The van der Waals surface area contributed by atoms with Crippen LogP contribution in [0.3, 0.4) is 0 Å². The quantitative estimate of drug-likeness (QED) is 0.0179. The summed E-state index contributed by atoms with van der Waals surface area (Å²) in [4.78, 5) is 60.5. The minimum Gasteiger partial charge on any atom is -0.478 e. The van der Waals surface area contributed by atoms with Crippen molar-refractivity contribution < 1.29 is 43.7 Å². The second-order valence-electron chi connectivity index (χ2n) is 15.5. The molecule has 10 N–H and O–H groups in total. The summed E-state index contributed by atoms with van der Waals surface area (Å²) in [6.07, 6.45) is 16.8. The van der Waals surface area contributed by atoms with Gasteiger partial charge in [-0.3, -0.25) is 21.9 Å². The fraction of sp³-hybridized carbons (Fsp3) is 0.0800. The minimum atomic E-state index is -1.04. The van der Waals surface area contributed by atoms with E-state index in [9.17, 15) is 19.2 Å². The number of benzene rings is 4. The number of aromatic nitrogens is 14. The van der Waals surface area contributed by atoms with Gasteiger partial charge < -0.3 is 24.5 Å². The van der Waals surface area contributed by atoms with Crippen molar-refractivity contribution >= 4 is 101 Å². The second kappa shape index (κ2) is 33.7. The molecule has 0 aliphatic carbocycles. The van der Waals surface area contributed by atoms with Gasteiger partial charge in [0.25, 0.3) is 5.91 Å². The molecular formula is C50H48Cl4N18O9. The molecular weight excluding hydrogens is 1140 g/mol. The number of rotatable bonds is 14. The number of nitrogens with zero attached hydrogens (tertiary/aromatic N) is 14. The molecule has 9 rings (SSSR count). The Hall–Kier alpha value is -9.58. The number of hydrogen-bond acceptors (Lipinski definition) is 20. The number of halogens is 4. The van der Waals surface area contributed by atoms with Crippen LogP contribution in [0.25, 0.3) is 76.4 Å². The van der Waals surface area contributed by atoms with Crippen LogP contribution >= 0.6 is 46.4 Å². The van der Waals surface area contributed by atoms with E-state index in [1.54, 1.807) is 77.9 Å². The lowest BCUT2D eigenvalue weighted by Crippen LogP contribution is -2.28. The summed E-state index contributed by atoms with van der Waals surface area (Å²) in [5, 5.41) is 34.9. The smallest absolute Gasteiger partial charge is 0.478 e. The van der Waals surface area contributed by atoms with E-state index in [2.05, 4.69) is 67.0 Å². The van der Waals surface area contributed by atoms with Gasteiger partial charge in [0, 0.05) is 91.4 Å². The number of nitrogens with two attached hydrogens (primary N) is 3. The van der Waals surface area contributed by atoms with Gasteiger partial charge in [-0.15, -0.1) is 30.6 Å². The Morgan fingerprint density at radius 3 is 1.35 bits per heavy atom. The van der Waals surface area contributed by atoms with E-state index in [1.165, 1.54) is 64.1 Å². The number of carbonyl (C=O) groups excluding carboxylic acids is 3. The number of hydrogen-bond donors (Lipinski definition) is 5. The Balaban J connectivity index is 0.000000231. The third kappa shape index (κ3) is 22.7. The Morgan fingerprint density at radius 2 is 1.00 bits per heavy atom. The van der Waals surface area contributed by atoms with E-state index in [1.807, 2.05) is 61.7 Å². The first-order valence-corrected chi connectivity index (χ1v) is 24.2. The van der Waals surface area contributed by atoms with Crippen molar-refractivity contribution in [3.05, 3.63) is 173 Å². The Kier molecular flexibility index (Phi) is 26.6. The number of hydrazine groups is 2. The number of carboxylic acid groups (broad SMARTS) is 1. The summed E-state index contributed by atoms with van der Waals surface area (Å²) >= 11 is 23.6. The number of aliphatic carboxylic acids is 1. The number of ether oxygens (including phenoxy) is 2. The normalized spacial score (nSPS) is 10.6. The van der Waals surface area contributed by atoms with Gasteiger partial charge >= 0.3 is 18.1 Å². The molecule has 0 spiro atoms. The van der Waals surface area contributed by atoms with Crippen LogP contribution in [0.1, 0.15) is 19.7 Å². The molecule has 0 fully saturated rings. The molecule has 0 saturated carbocycles. The maximum atomic E-state index is 11.5. The number of amides is 1. The highest BCUT2D eigenvalue weighted by molar-refractivity contribution is 6.31. The van der Waals surface area contributed by atoms with Gasteiger partial charge in [0.05, 0.1) is 6.61 Å². The molecule has 27 nitrogen and oxygen atoms in total. The van der Waals surface area contributed by atoms with Gasteiger partial charge in [0.2, 0.25) is 12.3 Å². The third-order valence-corrected chi connectivity index (χ3v) is 10.0. The number of carboxylic acids is 1. The first-order chi connectivity index (χ1) is 38.6. The minimum absolute atomic E-state index is 0. The summed E-state index contributed by atoms with van der Waals surface area (Å²) in [6.45, 7) is 3.93. The van der Waals surface area contributed by atoms with Gasteiger partial charge in [-0.2, -0.15) is 0 Å². The Bertz CT molecular complexity index is 3560. The fourth-order valence-corrected chi connectivity index (χ4v) is 6.43. The van der Waals surface area contributed by atoms with Crippen LogP contribution in [0.4, 0.5) is 4.79 Å². The monoisotopic (exact) mass is 1180 g/mol. The lowest BCUT2D eigenvalue weighted by Gasteiger charge is -2.05. The van der Waals surface area contributed by atoms with Crippen molar-refractivity contribution in [3.8, 4) is 45.6 Å². The van der Waals surface area contributed by atoms with Gasteiger partial charge in [0.15, 0.2) is 23.3 Å². The SMILES string of the molecule is CC(C)COC(=O)OC(=O)/C=C\n1cnc(-c2cccc(Cl)c2)n1.Clc1cccc(-c2ncn(/C=C/c3nnco3)n2)c1.NN.NNC(=O)/C=C\n1cnc(-c2cccc(Cl)c2)n1.O.O=C(O)/C=C\n1cnc(-c2cccc(Cl)c2)n1. The largest absolute Gasteiger partial charge is 0.516 e. The van der Waals surface area contributed by atoms with Crippen LogP contribution in [0.2, 0.25) is 20.1 Å². The number of nitrogens with one attached hydrogen (secondary N) is 1. The molecule has 0 unspecified atom stereocenters. The second-order valence-corrected chi connectivity index (χ2v) is 17.2. The van der Waals surface area contributed by atoms with E-state index in [-0.39, 0.29) is 18.0 Å². The Morgan fingerprint density at radius 1 is 0.617 bits per heavy atom. The Labute approximate surface area is 479 Å². The van der Waals surface area contributed by atoms with Gasteiger partial charge in [-0.05, 0) is 54.4 Å². The predicted molar refractivity (Wildman–Crippen MR) is 302 cm³/mol.